The molecule has 0 spiro atoms. The molecule has 0 aromatic heterocycles. The summed E-state index contributed by atoms with van der Waals surface area (Å²) in [5, 5.41) is 0. The van der Waals surface area contributed by atoms with Crippen LogP contribution in [0.15, 0.2) is 30.3 Å². The molecule has 0 aliphatic heterocycles. The molecule has 3 nitrogen and oxygen atoms in total. The summed E-state index contributed by atoms with van der Waals surface area (Å²) >= 11 is 0. The van der Waals surface area contributed by atoms with Crippen molar-refractivity contribution in [2.45, 2.75) is 38.0 Å². The standard InChI is InChI=1S/C17H20O3/c1-20-17(19)12-16(18)11-8-13-6-9-15(10-7-13)14-4-2-3-5-14/h6-11,14H,2-5,12H2,1H3. The van der Waals surface area contributed by atoms with Crippen LogP contribution in [-0.2, 0) is 14.3 Å². The highest BCUT2D eigenvalue weighted by molar-refractivity contribution is 6.03. The molecule has 3 heteroatoms. The molecule has 1 aliphatic carbocycles. The van der Waals surface area contributed by atoms with Gasteiger partial charge in [-0.05, 0) is 36.0 Å². The lowest BCUT2D eigenvalue weighted by Crippen LogP contribution is -2.06. The van der Waals surface area contributed by atoms with Crippen molar-refractivity contribution in [3.05, 3.63) is 41.5 Å². The van der Waals surface area contributed by atoms with Crippen LogP contribution in [0.25, 0.3) is 6.08 Å². The monoisotopic (exact) mass is 272 g/mol. The van der Waals surface area contributed by atoms with Crippen LogP contribution in [0, 0.1) is 0 Å². The molecule has 1 saturated carbocycles. The van der Waals surface area contributed by atoms with Crippen LogP contribution in [0.2, 0.25) is 0 Å². The molecule has 1 aliphatic rings. The Balaban J connectivity index is 1.92. The highest BCUT2D eigenvalue weighted by Gasteiger charge is 2.16. The van der Waals surface area contributed by atoms with Crippen molar-refractivity contribution in [2.24, 2.45) is 0 Å². The molecule has 20 heavy (non-hydrogen) atoms. The Morgan fingerprint density at radius 1 is 1.20 bits per heavy atom. The quantitative estimate of drug-likeness (QED) is 0.468. The number of ether oxygens (including phenoxy) is 1. The largest absolute Gasteiger partial charge is 0.469 e. The zero-order chi connectivity index (χ0) is 14.4. The van der Waals surface area contributed by atoms with E-state index in [-0.39, 0.29) is 12.2 Å². The summed E-state index contributed by atoms with van der Waals surface area (Å²) in [5.74, 6) is -0.0399. The second kappa shape index (κ2) is 7.04. The topological polar surface area (TPSA) is 43.4 Å². The Morgan fingerprint density at radius 3 is 2.45 bits per heavy atom. The third-order valence-corrected chi connectivity index (χ3v) is 3.77. The average Bonchev–Trinajstić information content (AvgIpc) is 2.99. The minimum atomic E-state index is -0.503. The van der Waals surface area contributed by atoms with E-state index in [2.05, 4.69) is 16.9 Å². The Hall–Kier alpha value is -1.90. The van der Waals surface area contributed by atoms with Gasteiger partial charge in [-0.3, -0.25) is 9.59 Å². The van der Waals surface area contributed by atoms with Gasteiger partial charge in [0.25, 0.3) is 0 Å². The number of rotatable bonds is 5. The maximum absolute atomic E-state index is 11.5. The van der Waals surface area contributed by atoms with E-state index >= 15 is 0 Å². The van der Waals surface area contributed by atoms with Crippen molar-refractivity contribution in [3.63, 3.8) is 0 Å². The van der Waals surface area contributed by atoms with E-state index in [0.29, 0.717) is 5.92 Å². The van der Waals surface area contributed by atoms with Gasteiger partial charge in [0.2, 0.25) is 0 Å². The van der Waals surface area contributed by atoms with E-state index in [1.807, 2.05) is 12.1 Å². The third-order valence-electron chi connectivity index (χ3n) is 3.77. The highest BCUT2D eigenvalue weighted by Crippen LogP contribution is 2.33. The smallest absolute Gasteiger partial charge is 0.313 e. The number of hydrogen-bond donors (Lipinski definition) is 0. The predicted octanol–water partition coefficient (Wildman–Crippen LogP) is 3.49. The lowest BCUT2D eigenvalue weighted by molar-refractivity contribution is -0.142. The number of allylic oxidation sites excluding steroid dienone is 1. The van der Waals surface area contributed by atoms with Crippen LogP contribution >= 0.6 is 0 Å². The molecule has 0 radical (unpaired) electrons. The number of carbonyl (C=O) groups is 2. The zero-order valence-corrected chi connectivity index (χ0v) is 11.8. The van der Waals surface area contributed by atoms with Crippen LogP contribution in [0.4, 0.5) is 0 Å². The molecular formula is C17H20O3. The van der Waals surface area contributed by atoms with Gasteiger partial charge < -0.3 is 4.74 Å². The molecule has 0 bridgehead atoms. The summed E-state index contributed by atoms with van der Waals surface area (Å²) in [5.41, 5.74) is 2.37. The van der Waals surface area contributed by atoms with Crippen LogP contribution in [0.1, 0.15) is 49.1 Å². The van der Waals surface area contributed by atoms with Crippen molar-refractivity contribution in [3.8, 4) is 0 Å². The Morgan fingerprint density at radius 2 is 1.85 bits per heavy atom. The van der Waals surface area contributed by atoms with Crippen molar-refractivity contribution in [2.75, 3.05) is 7.11 Å². The number of methoxy groups -OCH3 is 1. The summed E-state index contributed by atoms with van der Waals surface area (Å²) < 4.78 is 4.45. The van der Waals surface area contributed by atoms with Crippen molar-refractivity contribution < 1.29 is 14.3 Å². The maximum atomic E-state index is 11.5. The molecule has 0 unspecified atom stereocenters. The number of ketones is 1. The van der Waals surface area contributed by atoms with Crippen molar-refractivity contribution in [1.29, 1.82) is 0 Å². The van der Waals surface area contributed by atoms with Gasteiger partial charge in [0, 0.05) is 0 Å². The number of esters is 1. The molecule has 0 heterocycles. The van der Waals surface area contributed by atoms with Gasteiger partial charge in [0.1, 0.15) is 6.42 Å². The Labute approximate surface area is 119 Å². The molecule has 2 rings (SSSR count). The molecule has 0 amide bonds. The first-order chi connectivity index (χ1) is 9.69. The molecular weight excluding hydrogens is 252 g/mol. The number of carbonyl (C=O) groups excluding carboxylic acids is 2. The Bertz CT molecular complexity index is 493. The summed E-state index contributed by atoms with van der Waals surface area (Å²) in [7, 11) is 1.28. The maximum Gasteiger partial charge on any atom is 0.313 e. The van der Waals surface area contributed by atoms with Gasteiger partial charge in [-0.1, -0.05) is 43.2 Å². The van der Waals surface area contributed by atoms with Gasteiger partial charge in [0.15, 0.2) is 5.78 Å². The first-order valence-electron chi connectivity index (χ1n) is 7.06. The van der Waals surface area contributed by atoms with Gasteiger partial charge in [0.05, 0.1) is 7.11 Å². The van der Waals surface area contributed by atoms with Gasteiger partial charge >= 0.3 is 5.97 Å². The lowest BCUT2D eigenvalue weighted by atomic mass is 9.96. The average molecular weight is 272 g/mol. The molecule has 0 N–H and O–H groups in total. The minimum Gasteiger partial charge on any atom is -0.469 e. The molecule has 1 aromatic carbocycles. The van der Waals surface area contributed by atoms with E-state index < -0.39 is 5.97 Å². The van der Waals surface area contributed by atoms with Crippen LogP contribution in [0.5, 0.6) is 0 Å². The summed E-state index contributed by atoms with van der Waals surface area (Å²) in [6, 6.07) is 8.33. The summed E-state index contributed by atoms with van der Waals surface area (Å²) in [6.45, 7) is 0. The second-order valence-electron chi connectivity index (χ2n) is 5.20. The molecule has 0 atom stereocenters. The molecule has 1 fully saturated rings. The minimum absolute atomic E-state index is 0.201. The van der Waals surface area contributed by atoms with Crippen LogP contribution in [-0.4, -0.2) is 18.9 Å². The first kappa shape index (κ1) is 14.5. The molecule has 0 saturated heterocycles. The van der Waals surface area contributed by atoms with E-state index in [0.717, 1.165) is 5.56 Å². The second-order valence-corrected chi connectivity index (χ2v) is 5.20. The first-order valence-corrected chi connectivity index (χ1v) is 7.06. The van der Waals surface area contributed by atoms with E-state index in [9.17, 15) is 9.59 Å². The predicted molar refractivity (Wildman–Crippen MR) is 78.3 cm³/mol. The van der Waals surface area contributed by atoms with E-state index in [1.54, 1.807) is 6.08 Å². The normalized spacial score (nSPS) is 15.7. The number of hydrogen-bond acceptors (Lipinski definition) is 3. The van der Waals surface area contributed by atoms with Crippen LogP contribution < -0.4 is 0 Å². The summed E-state index contributed by atoms with van der Waals surface area (Å²) in [4.78, 5) is 22.4. The highest BCUT2D eigenvalue weighted by atomic mass is 16.5. The van der Waals surface area contributed by atoms with Crippen LogP contribution in [0.3, 0.4) is 0 Å². The SMILES string of the molecule is COC(=O)CC(=O)C=Cc1ccc(C2CCCC2)cc1. The summed E-state index contributed by atoms with van der Waals surface area (Å²) in [6.07, 6.45) is 8.20. The van der Waals surface area contributed by atoms with Crippen molar-refractivity contribution in [1.82, 2.24) is 0 Å². The van der Waals surface area contributed by atoms with E-state index in [1.165, 1.54) is 44.4 Å². The van der Waals surface area contributed by atoms with Crippen molar-refractivity contribution >= 4 is 17.8 Å². The fourth-order valence-corrected chi connectivity index (χ4v) is 2.60. The fourth-order valence-electron chi connectivity index (χ4n) is 2.60. The molecule has 1 aromatic rings. The fraction of sp³-hybridized carbons (Fsp3) is 0.412. The van der Waals surface area contributed by atoms with Gasteiger partial charge in [-0.15, -0.1) is 0 Å². The van der Waals surface area contributed by atoms with Gasteiger partial charge in [-0.2, -0.15) is 0 Å². The third kappa shape index (κ3) is 4.05. The zero-order valence-electron chi connectivity index (χ0n) is 11.8. The lowest BCUT2D eigenvalue weighted by Gasteiger charge is -2.09. The Kier molecular flexibility index (Phi) is 5.10. The van der Waals surface area contributed by atoms with Gasteiger partial charge in [-0.25, -0.2) is 0 Å². The van der Waals surface area contributed by atoms with E-state index in [4.69, 9.17) is 0 Å². The molecule has 106 valence electrons. The number of benzene rings is 1.